The second-order valence-corrected chi connectivity index (χ2v) is 4.42. The molecule has 4 heteroatoms. The quantitative estimate of drug-likeness (QED) is 0.899. The molecular weight excluding hydrogens is 228 g/mol. The second kappa shape index (κ2) is 4.64. The van der Waals surface area contributed by atoms with Crippen molar-refractivity contribution in [2.24, 2.45) is 5.73 Å². The molecule has 0 bridgehead atoms. The minimum atomic E-state index is -0.645. The highest BCUT2D eigenvalue weighted by Gasteiger charge is 2.11. The summed E-state index contributed by atoms with van der Waals surface area (Å²) in [6, 6.07) is 7.63. The Morgan fingerprint density at radius 1 is 1.33 bits per heavy atom. The van der Waals surface area contributed by atoms with Crippen molar-refractivity contribution in [3.05, 3.63) is 35.5 Å². The summed E-state index contributed by atoms with van der Waals surface area (Å²) in [6.07, 6.45) is -0.645. The first kappa shape index (κ1) is 12.4. The van der Waals surface area contributed by atoms with Crippen LogP contribution in [0.25, 0.3) is 10.9 Å². The number of primary amides is 1. The van der Waals surface area contributed by atoms with Crippen LogP contribution in [0.15, 0.2) is 24.3 Å². The Hall–Kier alpha value is -2.10. The highest BCUT2D eigenvalue weighted by Crippen LogP contribution is 2.23. The van der Waals surface area contributed by atoms with E-state index in [4.69, 9.17) is 10.5 Å². The van der Waals surface area contributed by atoms with Crippen LogP contribution in [-0.2, 0) is 4.79 Å². The molecule has 1 aromatic heterocycles. The van der Waals surface area contributed by atoms with Crippen LogP contribution in [0.5, 0.6) is 5.75 Å². The van der Waals surface area contributed by atoms with Gasteiger partial charge in [0.15, 0.2) is 6.10 Å². The molecule has 0 saturated carbocycles. The molecule has 2 N–H and O–H groups in total. The predicted molar refractivity (Wildman–Crippen MR) is 70.5 cm³/mol. The minimum absolute atomic E-state index is 0.483. The lowest BCUT2D eigenvalue weighted by Crippen LogP contribution is -2.30. The monoisotopic (exact) mass is 244 g/mol. The molecule has 1 atom stereocenters. The fraction of sp³-hybridized carbons (Fsp3) is 0.286. The van der Waals surface area contributed by atoms with E-state index in [-0.39, 0.29) is 0 Å². The smallest absolute Gasteiger partial charge is 0.258 e. The van der Waals surface area contributed by atoms with Gasteiger partial charge in [0.2, 0.25) is 0 Å². The first-order valence-corrected chi connectivity index (χ1v) is 5.81. The number of pyridine rings is 1. The van der Waals surface area contributed by atoms with E-state index < -0.39 is 12.0 Å². The van der Waals surface area contributed by atoms with E-state index in [2.05, 4.69) is 4.98 Å². The van der Waals surface area contributed by atoms with Crippen molar-refractivity contribution in [3.63, 3.8) is 0 Å². The summed E-state index contributed by atoms with van der Waals surface area (Å²) < 4.78 is 5.45. The van der Waals surface area contributed by atoms with Crippen LogP contribution in [0, 0.1) is 13.8 Å². The Kier molecular flexibility index (Phi) is 3.19. The number of ether oxygens (including phenoxy) is 1. The number of fused-ring (bicyclic) bond motifs is 1. The lowest BCUT2D eigenvalue weighted by molar-refractivity contribution is -0.123. The van der Waals surface area contributed by atoms with Crippen LogP contribution in [0.2, 0.25) is 0 Å². The maximum Gasteiger partial charge on any atom is 0.258 e. The molecule has 1 amide bonds. The fourth-order valence-corrected chi connectivity index (χ4v) is 1.89. The average molecular weight is 244 g/mol. The van der Waals surface area contributed by atoms with Crippen molar-refractivity contribution >= 4 is 16.8 Å². The van der Waals surface area contributed by atoms with Gasteiger partial charge >= 0.3 is 0 Å². The fourth-order valence-electron chi connectivity index (χ4n) is 1.89. The first-order chi connectivity index (χ1) is 8.47. The number of rotatable bonds is 3. The summed E-state index contributed by atoms with van der Waals surface area (Å²) in [7, 11) is 0. The molecule has 0 aliphatic carbocycles. The summed E-state index contributed by atoms with van der Waals surface area (Å²) >= 11 is 0. The van der Waals surface area contributed by atoms with Gasteiger partial charge in [0, 0.05) is 17.1 Å². The van der Waals surface area contributed by atoms with Gasteiger partial charge in [-0.25, -0.2) is 0 Å². The Bertz CT molecular complexity index is 608. The number of carbonyl (C=O) groups excluding carboxylic acids is 1. The van der Waals surface area contributed by atoms with Crippen molar-refractivity contribution in [2.75, 3.05) is 0 Å². The zero-order valence-electron chi connectivity index (χ0n) is 10.7. The molecule has 2 aromatic rings. The third-order valence-corrected chi connectivity index (χ3v) is 2.83. The molecule has 0 saturated heterocycles. The van der Waals surface area contributed by atoms with Crippen LogP contribution < -0.4 is 10.5 Å². The van der Waals surface area contributed by atoms with Gasteiger partial charge in [-0.15, -0.1) is 0 Å². The van der Waals surface area contributed by atoms with Crippen LogP contribution in [-0.4, -0.2) is 17.0 Å². The molecular formula is C14H16N2O2. The molecule has 2 rings (SSSR count). The number of benzene rings is 1. The zero-order chi connectivity index (χ0) is 13.3. The Balaban J connectivity index is 2.41. The second-order valence-electron chi connectivity index (χ2n) is 4.42. The van der Waals surface area contributed by atoms with E-state index in [0.29, 0.717) is 5.75 Å². The van der Waals surface area contributed by atoms with E-state index in [0.717, 1.165) is 16.6 Å². The number of nitrogens with zero attached hydrogens (tertiary/aromatic N) is 1. The molecule has 0 aliphatic rings. The van der Waals surface area contributed by atoms with Gasteiger partial charge in [-0.05, 0) is 44.5 Å². The van der Waals surface area contributed by atoms with Gasteiger partial charge in [-0.3, -0.25) is 9.78 Å². The van der Waals surface area contributed by atoms with Gasteiger partial charge in [0.1, 0.15) is 5.75 Å². The molecule has 0 aliphatic heterocycles. The number of aromatic nitrogens is 1. The van der Waals surface area contributed by atoms with Crippen molar-refractivity contribution in [2.45, 2.75) is 26.9 Å². The minimum Gasteiger partial charge on any atom is -0.481 e. The summed E-state index contributed by atoms with van der Waals surface area (Å²) in [5.41, 5.74) is 8.16. The first-order valence-electron chi connectivity index (χ1n) is 5.81. The number of hydrogen-bond donors (Lipinski definition) is 1. The van der Waals surface area contributed by atoms with Gasteiger partial charge in [0.25, 0.3) is 5.91 Å². The molecule has 1 unspecified atom stereocenters. The molecule has 94 valence electrons. The van der Waals surface area contributed by atoms with E-state index >= 15 is 0 Å². The molecule has 0 spiro atoms. The number of hydrogen-bond acceptors (Lipinski definition) is 3. The highest BCUT2D eigenvalue weighted by atomic mass is 16.5. The van der Waals surface area contributed by atoms with Gasteiger partial charge in [0.05, 0.1) is 5.52 Å². The standard InChI is InChI=1S/C14H16N2O2/c1-8-6-9(2)16-13-7-11(4-5-12(8)13)18-10(3)14(15)17/h4-7,10H,1-3H3,(H2,15,17). The molecule has 0 radical (unpaired) electrons. The van der Waals surface area contributed by atoms with Crippen LogP contribution in [0.3, 0.4) is 0 Å². The average Bonchev–Trinajstić information content (AvgIpc) is 2.27. The lowest BCUT2D eigenvalue weighted by Gasteiger charge is -2.12. The summed E-state index contributed by atoms with van der Waals surface area (Å²) in [6.45, 7) is 5.62. The van der Waals surface area contributed by atoms with Crippen molar-refractivity contribution in [1.82, 2.24) is 4.98 Å². The SMILES string of the molecule is Cc1cc(C)c2ccc(OC(C)C(N)=O)cc2n1. The number of amides is 1. The van der Waals surface area contributed by atoms with Gasteiger partial charge in [-0.2, -0.15) is 0 Å². The Labute approximate surface area is 106 Å². The number of aryl methyl sites for hydroxylation is 2. The summed E-state index contributed by atoms with van der Waals surface area (Å²) in [5, 5.41) is 1.08. The van der Waals surface area contributed by atoms with E-state index in [1.54, 1.807) is 6.92 Å². The van der Waals surface area contributed by atoms with Crippen LogP contribution >= 0.6 is 0 Å². The van der Waals surface area contributed by atoms with Crippen molar-refractivity contribution < 1.29 is 9.53 Å². The maximum absolute atomic E-state index is 11.0. The normalized spacial score (nSPS) is 12.4. The number of nitrogens with two attached hydrogens (primary N) is 1. The molecule has 0 fully saturated rings. The summed E-state index contributed by atoms with van der Waals surface area (Å²) in [5.74, 6) is 0.120. The van der Waals surface area contributed by atoms with Crippen molar-refractivity contribution in [1.29, 1.82) is 0 Å². The Morgan fingerprint density at radius 3 is 2.72 bits per heavy atom. The zero-order valence-corrected chi connectivity index (χ0v) is 10.7. The lowest BCUT2D eigenvalue weighted by atomic mass is 10.1. The maximum atomic E-state index is 11.0. The number of carbonyl (C=O) groups is 1. The van der Waals surface area contributed by atoms with Crippen LogP contribution in [0.1, 0.15) is 18.2 Å². The molecule has 18 heavy (non-hydrogen) atoms. The van der Waals surface area contributed by atoms with E-state index in [1.165, 1.54) is 5.56 Å². The largest absolute Gasteiger partial charge is 0.481 e. The molecule has 1 heterocycles. The Morgan fingerprint density at radius 2 is 2.06 bits per heavy atom. The van der Waals surface area contributed by atoms with E-state index in [1.807, 2.05) is 38.1 Å². The highest BCUT2D eigenvalue weighted by molar-refractivity contribution is 5.84. The molecule has 4 nitrogen and oxygen atoms in total. The predicted octanol–water partition coefficient (Wildman–Crippen LogP) is 2.10. The van der Waals surface area contributed by atoms with Gasteiger partial charge in [-0.1, -0.05) is 0 Å². The van der Waals surface area contributed by atoms with Crippen molar-refractivity contribution in [3.8, 4) is 5.75 Å². The third kappa shape index (κ3) is 2.42. The topological polar surface area (TPSA) is 65.2 Å². The van der Waals surface area contributed by atoms with E-state index in [9.17, 15) is 4.79 Å². The van der Waals surface area contributed by atoms with Crippen LogP contribution in [0.4, 0.5) is 0 Å². The molecule has 1 aromatic carbocycles. The summed E-state index contributed by atoms with van der Waals surface area (Å²) in [4.78, 5) is 15.4. The van der Waals surface area contributed by atoms with Gasteiger partial charge < -0.3 is 10.5 Å². The third-order valence-electron chi connectivity index (χ3n) is 2.83.